The summed E-state index contributed by atoms with van der Waals surface area (Å²) in [7, 11) is 0. The van der Waals surface area contributed by atoms with Crippen molar-refractivity contribution in [2.75, 3.05) is 11.1 Å². The summed E-state index contributed by atoms with van der Waals surface area (Å²) in [6.07, 6.45) is 0. The fourth-order valence-electron chi connectivity index (χ4n) is 1.07. The number of nitrogen functional groups attached to an aromatic ring is 1. The van der Waals surface area contributed by atoms with E-state index in [4.69, 9.17) is 11.5 Å². The van der Waals surface area contributed by atoms with Gasteiger partial charge in [0.15, 0.2) is 5.96 Å². The maximum atomic E-state index is 5.65. The number of nitrogens with zero attached hydrogens (tertiary/aromatic N) is 1. The Morgan fingerprint density at radius 3 is 2.71 bits per heavy atom. The predicted octanol–water partition coefficient (Wildman–Crippen LogP) is 1.40. The van der Waals surface area contributed by atoms with Crippen LogP contribution < -0.4 is 16.8 Å². The van der Waals surface area contributed by atoms with Crippen LogP contribution in [0, 0.1) is 0 Å². The molecule has 0 aromatic heterocycles. The van der Waals surface area contributed by atoms with E-state index in [-0.39, 0.29) is 6.04 Å². The Labute approximate surface area is 84.0 Å². The van der Waals surface area contributed by atoms with Crippen LogP contribution in [0.15, 0.2) is 29.3 Å². The van der Waals surface area contributed by atoms with E-state index in [1.54, 1.807) is 0 Å². The second kappa shape index (κ2) is 4.50. The molecule has 0 saturated heterocycles. The van der Waals surface area contributed by atoms with Gasteiger partial charge in [-0.3, -0.25) is 4.99 Å². The lowest BCUT2D eigenvalue weighted by Gasteiger charge is -2.07. The van der Waals surface area contributed by atoms with Gasteiger partial charge in [-0.15, -0.1) is 0 Å². The molecule has 0 radical (unpaired) electrons. The van der Waals surface area contributed by atoms with Crippen molar-refractivity contribution in [2.24, 2.45) is 10.7 Å². The monoisotopic (exact) mass is 192 g/mol. The highest BCUT2D eigenvalue weighted by Gasteiger charge is 1.96. The van der Waals surface area contributed by atoms with Crippen molar-refractivity contribution in [2.45, 2.75) is 19.9 Å². The molecular weight excluding hydrogens is 176 g/mol. The van der Waals surface area contributed by atoms with Gasteiger partial charge in [-0.2, -0.15) is 0 Å². The summed E-state index contributed by atoms with van der Waals surface area (Å²) in [6.45, 7) is 3.93. The lowest BCUT2D eigenvalue weighted by Crippen LogP contribution is -2.23. The number of aliphatic imine (C=N–C) groups is 1. The number of nitrogens with two attached hydrogens (primary N) is 2. The molecule has 4 heteroatoms. The highest BCUT2D eigenvalue weighted by Crippen LogP contribution is 2.11. The van der Waals surface area contributed by atoms with Crippen molar-refractivity contribution in [1.82, 2.24) is 0 Å². The van der Waals surface area contributed by atoms with Crippen molar-refractivity contribution in [3.63, 3.8) is 0 Å². The van der Waals surface area contributed by atoms with Crippen molar-refractivity contribution >= 4 is 17.3 Å². The Hall–Kier alpha value is -1.71. The van der Waals surface area contributed by atoms with E-state index in [1.807, 2.05) is 38.1 Å². The van der Waals surface area contributed by atoms with E-state index in [0.717, 1.165) is 5.69 Å². The first-order valence-electron chi connectivity index (χ1n) is 4.54. The molecular formula is C10H16N4. The first-order chi connectivity index (χ1) is 6.58. The van der Waals surface area contributed by atoms with E-state index in [9.17, 15) is 0 Å². The maximum Gasteiger partial charge on any atom is 0.193 e. The van der Waals surface area contributed by atoms with Gasteiger partial charge >= 0.3 is 0 Å². The standard InChI is InChI=1S/C10H16N4/c1-7(2)13-10(12)14-9-5-3-4-8(11)6-9/h3-7H,11H2,1-2H3,(H3,12,13,14). The van der Waals surface area contributed by atoms with Crippen LogP contribution >= 0.6 is 0 Å². The van der Waals surface area contributed by atoms with Crippen LogP contribution in [0.25, 0.3) is 0 Å². The zero-order chi connectivity index (χ0) is 10.6. The van der Waals surface area contributed by atoms with Crippen LogP contribution in [-0.2, 0) is 0 Å². The largest absolute Gasteiger partial charge is 0.399 e. The zero-order valence-electron chi connectivity index (χ0n) is 8.49. The summed E-state index contributed by atoms with van der Waals surface area (Å²) < 4.78 is 0. The molecule has 1 rings (SSSR count). The fraction of sp³-hybridized carbons (Fsp3) is 0.300. The number of benzene rings is 1. The molecule has 0 saturated carbocycles. The molecule has 0 aliphatic heterocycles. The van der Waals surface area contributed by atoms with E-state index in [1.165, 1.54) is 0 Å². The Morgan fingerprint density at radius 2 is 2.14 bits per heavy atom. The number of guanidine groups is 1. The van der Waals surface area contributed by atoms with Gasteiger partial charge in [0.25, 0.3) is 0 Å². The molecule has 14 heavy (non-hydrogen) atoms. The van der Waals surface area contributed by atoms with Gasteiger partial charge in [-0.1, -0.05) is 6.07 Å². The lowest BCUT2D eigenvalue weighted by molar-refractivity contribution is 0.833. The van der Waals surface area contributed by atoms with Gasteiger partial charge in [0.05, 0.1) is 0 Å². The SMILES string of the molecule is CC(C)N=C(N)Nc1cccc(N)c1. The van der Waals surface area contributed by atoms with Crippen LogP contribution in [0.5, 0.6) is 0 Å². The molecule has 0 amide bonds. The number of nitrogens with one attached hydrogen (secondary N) is 1. The Morgan fingerprint density at radius 1 is 1.43 bits per heavy atom. The van der Waals surface area contributed by atoms with Crippen molar-refractivity contribution < 1.29 is 0 Å². The number of rotatable bonds is 2. The first-order valence-corrected chi connectivity index (χ1v) is 4.54. The topological polar surface area (TPSA) is 76.4 Å². The summed E-state index contributed by atoms with van der Waals surface area (Å²) in [5, 5.41) is 2.96. The number of anilines is 2. The van der Waals surface area contributed by atoms with E-state index in [0.29, 0.717) is 11.6 Å². The molecule has 0 aliphatic carbocycles. The van der Waals surface area contributed by atoms with Crippen LogP contribution in [0.3, 0.4) is 0 Å². The lowest BCUT2D eigenvalue weighted by atomic mass is 10.3. The molecule has 1 aromatic carbocycles. The minimum absolute atomic E-state index is 0.184. The second-order valence-electron chi connectivity index (χ2n) is 3.36. The van der Waals surface area contributed by atoms with Crippen LogP contribution in [0.2, 0.25) is 0 Å². The summed E-state index contributed by atoms with van der Waals surface area (Å²) in [6, 6.07) is 7.56. The second-order valence-corrected chi connectivity index (χ2v) is 3.36. The van der Waals surface area contributed by atoms with E-state index in [2.05, 4.69) is 10.3 Å². The van der Waals surface area contributed by atoms with Crippen molar-refractivity contribution in [3.05, 3.63) is 24.3 Å². The summed E-state index contributed by atoms with van der Waals surface area (Å²) >= 11 is 0. The maximum absolute atomic E-state index is 5.65. The summed E-state index contributed by atoms with van der Waals surface area (Å²) in [5.74, 6) is 0.408. The highest BCUT2D eigenvalue weighted by molar-refractivity contribution is 5.92. The molecule has 76 valence electrons. The molecule has 0 aliphatic rings. The third-order valence-corrected chi connectivity index (χ3v) is 1.56. The molecule has 0 atom stereocenters. The third kappa shape index (κ3) is 3.35. The summed E-state index contributed by atoms with van der Waals surface area (Å²) in [5.41, 5.74) is 12.8. The third-order valence-electron chi connectivity index (χ3n) is 1.56. The molecule has 5 N–H and O–H groups in total. The Bertz CT molecular complexity index is 331. The molecule has 4 nitrogen and oxygen atoms in total. The van der Waals surface area contributed by atoms with Gasteiger partial charge in [0.2, 0.25) is 0 Å². The van der Waals surface area contributed by atoms with Gasteiger partial charge < -0.3 is 16.8 Å². The Kier molecular flexibility index (Phi) is 3.34. The van der Waals surface area contributed by atoms with E-state index >= 15 is 0 Å². The van der Waals surface area contributed by atoms with E-state index < -0.39 is 0 Å². The van der Waals surface area contributed by atoms with Gasteiger partial charge in [-0.25, -0.2) is 0 Å². The fourth-order valence-corrected chi connectivity index (χ4v) is 1.07. The minimum atomic E-state index is 0.184. The smallest absolute Gasteiger partial charge is 0.193 e. The number of hydrogen-bond donors (Lipinski definition) is 3. The summed E-state index contributed by atoms with van der Waals surface area (Å²) in [4.78, 5) is 4.14. The molecule has 0 bridgehead atoms. The quantitative estimate of drug-likeness (QED) is 0.376. The average Bonchev–Trinajstić information content (AvgIpc) is 2.01. The highest BCUT2D eigenvalue weighted by atomic mass is 15.1. The normalized spacial score (nSPS) is 11.8. The van der Waals surface area contributed by atoms with Crippen LogP contribution in [-0.4, -0.2) is 12.0 Å². The molecule has 0 spiro atoms. The predicted molar refractivity (Wildman–Crippen MR) is 61.2 cm³/mol. The zero-order valence-corrected chi connectivity index (χ0v) is 8.49. The molecule has 1 aromatic rings. The van der Waals surface area contributed by atoms with Crippen LogP contribution in [0.4, 0.5) is 11.4 Å². The van der Waals surface area contributed by atoms with Crippen molar-refractivity contribution in [1.29, 1.82) is 0 Å². The van der Waals surface area contributed by atoms with Gasteiger partial charge in [0, 0.05) is 17.4 Å². The van der Waals surface area contributed by atoms with Gasteiger partial charge in [0.1, 0.15) is 0 Å². The molecule has 0 heterocycles. The minimum Gasteiger partial charge on any atom is -0.399 e. The molecule has 0 unspecified atom stereocenters. The van der Waals surface area contributed by atoms with Gasteiger partial charge in [-0.05, 0) is 32.0 Å². The Balaban J connectivity index is 2.69. The van der Waals surface area contributed by atoms with Crippen LogP contribution in [0.1, 0.15) is 13.8 Å². The first kappa shape index (κ1) is 10.4. The average molecular weight is 192 g/mol. The number of hydrogen-bond acceptors (Lipinski definition) is 2. The van der Waals surface area contributed by atoms with Crippen molar-refractivity contribution in [3.8, 4) is 0 Å². The molecule has 0 fully saturated rings.